The Morgan fingerprint density at radius 1 is 1.47 bits per heavy atom. The third-order valence-electron chi connectivity index (χ3n) is 4.09. The molecule has 0 aliphatic heterocycles. The molecule has 0 heterocycles. The molecule has 2 unspecified atom stereocenters. The third kappa shape index (κ3) is 3.10. The van der Waals surface area contributed by atoms with Crippen molar-refractivity contribution in [3.05, 3.63) is 34.6 Å². The van der Waals surface area contributed by atoms with Crippen LogP contribution < -0.4 is 5.32 Å². The molecular formula is C15H21ClFNO. The van der Waals surface area contributed by atoms with E-state index in [1.165, 1.54) is 6.07 Å². The number of hydrogen-bond donors (Lipinski definition) is 1. The Kier molecular flexibility index (Phi) is 4.49. The Hall–Kier alpha value is -0.640. The fourth-order valence-electron chi connectivity index (χ4n) is 2.63. The Bertz CT molecular complexity index is 450. The van der Waals surface area contributed by atoms with E-state index in [2.05, 4.69) is 19.2 Å². The van der Waals surface area contributed by atoms with E-state index in [0.29, 0.717) is 29.3 Å². The van der Waals surface area contributed by atoms with Crippen LogP contribution in [0.1, 0.15) is 32.8 Å². The van der Waals surface area contributed by atoms with E-state index in [4.69, 9.17) is 16.3 Å². The average Bonchev–Trinajstić information content (AvgIpc) is 2.36. The van der Waals surface area contributed by atoms with Crippen LogP contribution in [0.25, 0.3) is 0 Å². The predicted molar refractivity (Wildman–Crippen MR) is 75.8 cm³/mol. The van der Waals surface area contributed by atoms with Gasteiger partial charge >= 0.3 is 0 Å². The summed E-state index contributed by atoms with van der Waals surface area (Å²) in [4.78, 5) is 0. The number of halogens is 2. The highest BCUT2D eigenvalue weighted by molar-refractivity contribution is 6.30. The van der Waals surface area contributed by atoms with E-state index >= 15 is 0 Å². The Morgan fingerprint density at radius 2 is 2.21 bits per heavy atom. The van der Waals surface area contributed by atoms with Gasteiger partial charge in [-0.3, -0.25) is 0 Å². The normalized spacial score (nSPS) is 25.1. The summed E-state index contributed by atoms with van der Waals surface area (Å²) in [7, 11) is 0. The SMILES string of the molecule is CCOC1CC(NCc2cc(Cl)ccc2F)C1(C)C. The molecule has 4 heteroatoms. The van der Waals surface area contributed by atoms with Crippen molar-refractivity contribution in [3.8, 4) is 0 Å². The second kappa shape index (κ2) is 5.78. The van der Waals surface area contributed by atoms with E-state index < -0.39 is 0 Å². The molecule has 1 aliphatic rings. The summed E-state index contributed by atoms with van der Waals surface area (Å²) in [6, 6.07) is 5.00. The lowest BCUT2D eigenvalue weighted by Gasteiger charge is -2.52. The summed E-state index contributed by atoms with van der Waals surface area (Å²) >= 11 is 5.89. The molecule has 1 saturated carbocycles. The first-order valence-electron chi connectivity index (χ1n) is 6.74. The van der Waals surface area contributed by atoms with Crippen LogP contribution in [-0.2, 0) is 11.3 Å². The maximum atomic E-state index is 13.6. The van der Waals surface area contributed by atoms with Crippen molar-refractivity contribution in [1.82, 2.24) is 5.32 Å². The molecule has 19 heavy (non-hydrogen) atoms. The molecule has 0 radical (unpaired) electrons. The average molecular weight is 286 g/mol. The Labute approximate surface area is 119 Å². The number of rotatable bonds is 5. The van der Waals surface area contributed by atoms with Crippen LogP contribution in [0.15, 0.2) is 18.2 Å². The lowest BCUT2D eigenvalue weighted by Crippen LogP contribution is -2.60. The summed E-state index contributed by atoms with van der Waals surface area (Å²) in [5.74, 6) is -0.213. The first-order valence-corrected chi connectivity index (χ1v) is 7.12. The van der Waals surface area contributed by atoms with Crippen LogP contribution in [0, 0.1) is 11.2 Å². The van der Waals surface area contributed by atoms with Crippen molar-refractivity contribution in [3.63, 3.8) is 0 Å². The second-order valence-corrected chi connectivity index (χ2v) is 6.11. The van der Waals surface area contributed by atoms with E-state index in [1.807, 2.05) is 6.92 Å². The zero-order chi connectivity index (χ0) is 14.0. The summed E-state index contributed by atoms with van der Waals surface area (Å²) < 4.78 is 19.3. The van der Waals surface area contributed by atoms with Crippen molar-refractivity contribution in [2.45, 2.75) is 45.9 Å². The van der Waals surface area contributed by atoms with Gasteiger partial charge in [0.1, 0.15) is 5.82 Å². The summed E-state index contributed by atoms with van der Waals surface area (Å²) in [5.41, 5.74) is 0.702. The van der Waals surface area contributed by atoms with Crippen molar-refractivity contribution in [2.24, 2.45) is 5.41 Å². The summed E-state index contributed by atoms with van der Waals surface area (Å²) in [6.45, 7) is 7.62. The first-order chi connectivity index (χ1) is 8.95. The smallest absolute Gasteiger partial charge is 0.127 e. The zero-order valence-electron chi connectivity index (χ0n) is 11.7. The lowest BCUT2D eigenvalue weighted by atomic mass is 9.64. The van der Waals surface area contributed by atoms with Crippen molar-refractivity contribution in [2.75, 3.05) is 6.61 Å². The first kappa shape index (κ1) is 14.8. The van der Waals surface area contributed by atoms with Gasteiger partial charge in [0, 0.05) is 35.2 Å². The largest absolute Gasteiger partial charge is 0.378 e. The monoisotopic (exact) mass is 285 g/mol. The molecule has 0 saturated heterocycles. The molecule has 1 N–H and O–H groups in total. The minimum atomic E-state index is -0.213. The molecule has 0 bridgehead atoms. The van der Waals surface area contributed by atoms with Gasteiger partial charge in [0.05, 0.1) is 6.10 Å². The molecule has 1 fully saturated rings. The second-order valence-electron chi connectivity index (χ2n) is 5.67. The highest BCUT2D eigenvalue weighted by atomic mass is 35.5. The highest BCUT2D eigenvalue weighted by Crippen LogP contribution is 2.42. The molecule has 2 nitrogen and oxygen atoms in total. The van der Waals surface area contributed by atoms with Crippen LogP contribution in [0.3, 0.4) is 0 Å². The third-order valence-corrected chi connectivity index (χ3v) is 4.33. The van der Waals surface area contributed by atoms with Gasteiger partial charge in [-0.2, -0.15) is 0 Å². The van der Waals surface area contributed by atoms with Crippen LogP contribution in [0.4, 0.5) is 4.39 Å². The van der Waals surface area contributed by atoms with E-state index in [9.17, 15) is 4.39 Å². The van der Waals surface area contributed by atoms with Crippen molar-refractivity contribution < 1.29 is 9.13 Å². The summed E-state index contributed by atoms with van der Waals surface area (Å²) in [5, 5.41) is 3.97. The Balaban J connectivity index is 1.92. The summed E-state index contributed by atoms with van der Waals surface area (Å²) in [6.07, 6.45) is 1.27. The number of hydrogen-bond acceptors (Lipinski definition) is 2. The van der Waals surface area contributed by atoms with Crippen LogP contribution in [0.2, 0.25) is 5.02 Å². The molecule has 1 aliphatic carbocycles. The van der Waals surface area contributed by atoms with Gasteiger partial charge in [-0.1, -0.05) is 25.4 Å². The molecule has 2 rings (SSSR count). The number of ether oxygens (including phenoxy) is 1. The fraction of sp³-hybridized carbons (Fsp3) is 0.600. The lowest BCUT2D eigenvalue weighted by molar-refractivity contribution is -0.114. The van der Waals surface area contributed by atoms with Crippen molar-refractivity contribution >= 4 is 11.6 Å². The minimum absolute atomic E-state index is 0.0884. The molecule has 1 aromatic carbocycles. The van der Waals surface area contributed by atoms with Crippen LogP contribution >= 0.6 is 11.6 Å². The van der Waals surface area contributed by atoms with E-state index in [-0.39, 0.29) is 11.2 Å². The maximum Gasteiger partial charge on any atom is 0.127 e. The van der Waals surface area contributed by atoms with Gasteiger partial charge in [0.25, 0.3) is 0 Å². The topological polar surface area (TPSA) is 21.3 Å². The predicted octanol–water partition coefficient (Wildman–Crippen LogP) is 3.77. The zero-order valence-corrected chi connectivity index (χ0v) is 12.4. The van der Waals surface area contributed by atoms with Gasteiger partial charge < -0.3 is 10.1 Å². The fourth-order valence-corrected chi connectivity index (χ4v) is 2.82. The maximum absolute atomic E-state index is 13.6. The molecular weight excluding hydrogens is 265 g/mol. The molecule has 106 valence electrons. The van der Waals surface area contributed by atoms with Crippen molar-refractivity contribution in [1.29, 1.82) is 0 Å². The quantitative estimate of drug-likeness (QED) is 0.889. The number of nitrogens with one attached hydrogen (secondary N) is 1. The van der Waals surface area contributed by atoms with Gasteiger partial charge in [0.2, 0.25) is 0 Å². The standard InChI is InChI=1S/C15H21ClFNO/c1-4-19-14-8-13(15(14,2)3)18-9-10-7-11(16)5-6-12(10)17/h5-7,13-14,18H,4,8-9H2,1-3H3. The minimum Gasteiger partial charge on any atom is -0.378 e. The van der Waals surface area contributed by atoms with Gasteiger partial charge in [0.15, 0.2) is 0 Å². The van der Waals surface area contributed by atoms with Crippen LogP contribution in [-0.4, -0.2) is 18.8 Å². The molecule has 0 amide bonds. The van der Waals surface area contributed by atoms with E-state index in [0.717, 1.165) is 13.0 Å². The molecule has 0 aromatic heterocycles. The van der Waals surface area contributed by atoms with E-state index in [1.54, 1.807) is 12.1 Å². The highest BCUT2D eigenvalue weighted by Gasteiger charge is 2.48. The van der Waals surface area contributed by atoms with Gasteiger partial charge in [-0.25, -0.2) is 4.39 Å². The Morgan fingerprint density at radius 3 is 2.84 bits per heavy atom. The molecule has 1 aromatic rings. The van der Waals surface area contributed by atoms with Gasteiger partial charge in [-0.05, 0) is 31.5 Å². The van der Waals surface area contributed by atoms with Crippen LogP contribution in [0.5, 0.6) is 0 Å². The molecule has 2 atom stereocenters. The van der Waals surface area contributed by atoms with Gasteiger partial charge in [-0.15, -0.1) is 0 Å². The number of benzene rings is 1. The molecule has 0 spiro atoms.